The van der Waals surface area contributed by atoms with E-state index < -0.39 is 23.9 Å². The summed E-state index contributed by atoms with van der Waals surface area (Å²) in [5.74, 6) is -2.48. The van der Waals surface area contributed by atoms with Crippen molar-refractivity contribution in [2.45, 2.75) is 128 Å². The van der Waals surface area contributed by atoms with E-state index in [1.54, 1.807) is 48.5 Å². The second kappa shape index (κ2) is 35.6. The Hall–Kier alpha value is -7.48. The van der Waals surface area contributed by atoms with Crippen LogP contribution in [0.3, 0.4) is 0 Å². The number of carbonyl (C=O) groups excluding carboxylic acids is 6. The molecule has 0 saturated heterocycles. The molecule has 74 heavy (non-hydrogen) atoms. The summed E-state index contributed by atoms with van der Waals surface area (Å²) in [6.07, 6.45) is 25.1. The first-order valence-corrected chi connectivity index (χ1v) is 25.9. The van der Waals surface area contributed by atoms with Crippen molar-refractivity contribution in [3.8, 4) is 34.5 Å². The first-order valence-electron chi connectivity index (χ1n) is 25.9. The molecule has 4 rings (SSSR count). The van der Waals surface area contributed by atoms with E-state index in [9.17, 15) is 28.8 Å². The Bertz CT molecular complexity index is 2370. The monoisotopic (exact) mass is 1020 g/mol. The number of carbonyl (C=O) groups is 6. The van der Waals surface area contributed by atoms with Crippen LogP contribution >= 0.6 is 0 Å². The average Bonchev–Trinajstić information content (AvgIpc) is 3.41. The van der Waals surface area contributed by atoms with Gasteiger partial charge in [0.15, 0.2) is 11.5 Å². The quantitative estimate of drug-likeness (QED) is 0.0179. The number of unbranched alkanes of at least 4 members (excludes halogenated alkanes) is 18. The number of hydrogen-bond donors (Lipinski definition) is 0. The third kappa shape index (κ3) is 24.3. The van der Waals surface area contributed by atoms with Crippen LogP contribution in [0.2, 0.25) is 0 Å². The van der Waals surface area contributed by atoms with Gasteiger partial charge >= 0.3 is 35.8 Å². The molecular weight excluding hydrogens is 945 g/mol. The summed E-state index contributed by atoms with van der Waals surface area (Å²) in [4.78, 5) is 73.8. The molecular formula is C60H72O14. The van der Waals surface area contributed by atoms with Gasteiger partial charge in [-0.15, -0.1) is 0 Å². The number of esters is 6. The van der Waals surface area contributed by atoms with Crippen LogP contribution < -0.4 is 28.4 Å². The van der Waals surface area contributed by atoms with Gasteiger partial charge in [-0.2, -0.15) is 0 Å². The van der Waals surface area contributed by atoms with E-state index in [0.29, 0.717) is 37.9 Å². The van der Waals surface area contributed by atoms with Gasteiger partial charge in [0, 0.05) is 24.3 Å². The lowest BCUT2D eigenvalue weighted by molar-refractivity contribution is -0.138. The topological polar surface area (TPSA) is 176 Å². The van der Waals surface area contributed by atoms with Gasteiger partial charge in [0.05, 0.1) is 43.1 Å². The average molecular weight is 1020 g/mol. The van der Waals surface area contributed by atoms with Crippen LogP contribution in [0.4, 0.5) is 0 Å². The Morgan fingerprint density at radius 1 is 0.311 bits per heavy atom. The van der Waals surface area contributed by atoms with Crippen LogP contribution in [0.5, 0.6) is 34.5 Å². The minimum atomic E-state index is -0.758. The highest BCUT2D eigenvalue weighted by molar-refractivity contribution is 5.94. The van der Waals surface area contributed by atoms with Crippen LogP contribution in [0.1, 0.15) is 159 Å². The lowest BCUT2D eigenvalue weighted by Crippen LogP contribution is -2.13. The molecule has 0 fully saturated rings. The summed E-state index contributed by atoms with van der Waals surface area (Å²) in [6.45, 7) is 12.1. The lowest BCUT2D eigenvalue weighted by atomic mass is 10.1. The van der Waals surface area contributed by atoms with Gasteiger partial charge < -0.3 is 37.9 Å². The molecule has 0 radical (unpaired) electrons. The predicted octanol–water partition coefficient (Wildman–Crippen LogP) is 13.5. The van der Waals surface area contributed by atoms with E-state index in [-0.39, 0.29) is 51.6 Å². The van der Waals surface area contributed by atoms with Crippen molar-refractivity contribution in [2.24, 2.45) is 0 Å². The highest BCUT2D eigenvalue weighted by atomic mass is 16.6. The van der Waals surface area contributed by atoms with Crippen LogP contribution in [-0.4, -0.2) is 62.2 Å². The minimum absolute atomic E-state index is 0.00333. The molecule has 4 aromatic carbocycles. The number of benzene rings is 4. The summed E-state index contributed by atoms with van der Waals surface area (Å²) in [5, 5.41) is 0. The molecule has 0 bridgehead atoms. The molecule has 396 valence electrons. The molecule has 0 aliphatic heterocycles. The molecule has 0 atom stereocenters. The molecule has 0 spiro atoms. The summed E-state index contributed by atoms with van der Waals surface area (Å²) >= 11 is 0. The normalized spacial score (nSPS) is 10.6. The molecule has 4 aromatic rings. The largest absolute Gasteiger partial charge is 0.494 e. The van der Waals surface area contributed by atoms with Crippen LogP contribution in [0.25, 0.3) is 0 Å². The zero-order chi connectivity index (χ0) is 53.0. The Labute approximate surface area is 436 Å². The molecule has 0 unspecified atom stereocenters. The van der Waals surface area contributed by atoms with Crippen LogP contribution in [-0.2, 0) is 23.9 Å². The van der Waals surface area contributed by atoms with Crippen molar-refractivity contribution >= 4 is 35.8 Å². The molecule has 0 heterocycles. The third-order valence-electron chi connectivity index (χ3n) is 11.6. The van der Waals surface area contributed by atoms with Gasteiger partial charge in [0.2, 0.25) is 0 Å². The zero-order valence-corrected chi connectivity index (χ0v) is 42.7. The van der Waals surface area contributed by atoms with Crippen LogP contribution in [0.15, 0.2) is 129 Å². The van der Waals surface area contributed by atoms with Crippen molar-refractivity contribution in [3.63, 3.8) is 0 Å². The summed E-state index contributed by atoms with van der Waals surface area (Å²) < 4.78 is 44.0. The van der Waals surface area contributed by atoms with E-state index in [1.165, 1.54) is 106 Å². The van der Waals surface area contributed by atoms with Crippen molar-refractivity contribution in [3.05, 3.63) is 146 Å². The number of hydrogen-bond acceptors (Lipinski definition) is 14. The van der Waals surface area contributed by atoms with Crippen molar-refractivity contribution in [1.29, 1.82) is 0 Å². The van der Waals surface area contributed by atoms with E-state index in [2.05, 4.69) is 19.7 Å². The Morgan fingerprint density at radius 2 is 0.622 bits per heavy atom. The van der Waals surface area contributed by atoms with Gasteiger partial charge in [-0.05, 0) is 111 Å². The summed E-state index contributed by atoms with van der Waals surface area (Å²) in [5.41, 5.74) is 0.571. The lowest BCUT2D eigenvalue weighted by Gasteiger charge is -2.13. The highest BCUT2D eigenvalue weighted by Crippen LogP contribution is 2.34. The molecule has 14 nitrogen and oxygen atoms in total. The van der Waals surface area contributed by atoms with Crippen LogP contribution in [0, 0.1) is 0 Å². The summed E-state index contributed by atoms with van der Waals surface area (Å²) in [6, 6.07) is 22.8. The van der Waals surface area contributed by atoms with E-state index in [4.69, 9.17) is 37.9 Å². The van der Waals surface area contributed by atoms with Gasteiger partial charge in [-0.1, -0.05) is 122 Å². The fourth-order valence-electron chi connectivity index (χ4n) is 7.47. The van der Waals surface area contributed by atoms with E-state index in [0.717, 1.165) is 83.1 Å². The zero-order valence-electron chi connectivity index (χ0n) is 42.7. The first kappa shape index (κ1) is 59.1. The second-order valence-corrected chi connectivity index (χ2v) is 17.5. The first-order chi connectivity index (χ1) is 36.1. The Morgan fingerprint density at radius 3 is 1.00 bits per heavy atom. The van der Waals surface area contributed by atoms with Crippen molar-refractivity contribution in [2.75, 3.05) is 26.4 Å². The molecule has 0 saturated carbocycles. The predicted molar refractivity (Wildman–Crippen MR) is 282 cm³/mol. The molecule has 0 N–H and O–H groups in total. The van der Waals surface area contributed by atoms with Crippen molar-refractivity contribution < 1.29 is 66.7 Å². The van der Waals surface area contributed by atoms with Gasteiger partial charge in [0.25, 0.3) is 0 Å². The fraction of sp³-hybridized carbons (Fsp3) is 0.400. The maximum Gasteiger partial charge on any atom is 0.343 e. The molecule has 0 aliphatic carbocycles. The second-order valence-electron chi connectivity index (χ2n) is 17.5. The SMILES string of the molecule is C=CC(=O)OCCCCCCCCCCCCOc1ccc(C(=O)Oc2ccc(OC(=O)c3ccc(OC(=O)C=C)cc3)cc2OC(=O)c2ccc(OCCCCCCCCCCCCOC(=O)C=C)cc2)cc1. The maximum absolute atomic E-state index is 13.5. The van der Waals surface area contributed by atoms with Gasteiger partial charge in [-0.25, -0.2) is 28.8 Å². The maximum atomic E-state index is 13.5. The van der Waals surface area contributed by atoms with Crippen molar-refractivity contribution in [1.82, 2.24) is 0 Å². The Balaban J connectivity index is 1.24. The molecule has 0 amide bonds. The van der Waals surface area contributed by atoms with Gasteiger partial charge in [-0.3, -0.25) is 0 Å². The fourth-order valence-corrected chi connectivity index (χ4v) is 7.47. The molecule has 0 aromatic heterocycles. The molecule has 0 aliphatic rings. The summed E-state index contributed by atoms with van der Waals surface area (Å²) in [7, 11) is 0. The smallest absolute Gasteiger partial charge is 0.343 e. The highest BCUT2D eigenvalue weighted by Gasteiger charge is 2.20. The minimum Gasteiger partial charge on any atom is -0.494 e. The number of ether oxygens (including phenoxy) is 8. The van der Waals surface area contributed by atoms with Gasteiger partial charge in [0.1, 0.15) is 23.0 Å². The standard InChI is InChI=1S/C60H72O14/c1-4-55(61)69-43-25-21-17-13-9-7-11-15-19-23-41-67-49-33-27-47(28-34-49)59(65)73-53-40-39-52(72-58(64)46-31-37-51(38-32-46)71-57(63)6-3)45-54(53)74-60(66)48-29-35-50(36-30-48)68-42-24-20-16-12-8-10-14-18-22-26-44-70-56(62)5-2/h4-6,27-40,45H,1-3,7-26,41-44H2. The molecule has 14 heteroatoms. The third-order valence-corrected chi connectivity index (χ3v) is 11.6. The number of rotatable bonds is 38. The Kier molecular flexibility index (Phi) is 28.4. The van der Waals surface area contributed by atoms with E-state index in [1.807, 2.05) is 0 Å². The van der Waals surface area contributed by atoms with E-state index >= 15 is 0 Å².